The molecule has 3 amide bonds. The van der Waals surface area contributed by atoms with Gasteiger partial charge in [0.15, 0.2) is 0 Å². The van der Waals surface area contributed by atoms with Crippen LogP contribution in [0, 0.1) is 0 Å². The lowest BCUT2D eigenvalue weighted by Crippen LogP contribution is -2.38. The third-order valence-electron chi connectivity index (χ3n) is 4.70. The highest BCUT2D eigenvalue weighted by atomic mass is 32.2. The first-order valence-electron chi connectivity index (χ1n) is 9.73. The molecule has 150 valence electrons. The van der Waals surface area contributed by atoms with E-state index in [4.69, 9.17) is 0 Å². The average Bonchev–Trinajstić information content (AvgIpc) is 3.00. The second kappa shape index (κ2) is 10.1. The zero-order valence-electron chi connectivity index (χ0n) is 16.3. The van der Waals surface area contributed by atoms with Crippen molar-refractivity contribution >= 4 is 34.9 Å². The molecular weight excluding hydrogens is 384 g/mol. The van der Waals surface area contributed by atoms with Crippen molar-refractivity contribution in [2.24, 2.45) is 0 Å². The Hall–Kier alpha value is -2.86. The molecule has 1 aliphatic heterocycles. The van der Waals surface area contributed by atoms with Crippen LogP contribution in [0.3, 0.4) is 0 Å². The summed E-state index contributed by atoms with van der Waals surface area (Å²) >= 11 is 0.933. The van der Waals surface area contributed by atoms with Crippen molar-refractivity contribution in [2.75, 3.05) is 13.1 Å². The second-order valence-electron chi connectivity index (χ2n) is 6.79. The maximum Gasteiger partial charge on any atom is 0.293 e. The summed E-state index contributed by atoms with van der Waals surface area (Å²) in [4.78, 5) is 39.0. The smallest absolute Gasteiger partial charge is 0.293 e. The van der Waals surface area contributed by atoms with Gasteiger partial charge >= 0.3 is 0 Å². The highest BCUT2D eigenvalue weighted by molar-refractivity contribution is 8.18. The molecule has 1 aliphatic rings. The molecule has 0 spiro atoms. The van der Waals surface area contributed by atoms with Crippen LogP contribution < -0.4 is 5.32 Å². The fourth-order valence-electron chi connectivity index (χ4n) is 3.23. The molecule has 3 rings (SSSR count). The van der Waals surface area contributed by atoms with Crippen LogP contribution in [-0.2, 0) is 9.59 Å². The number of imide groups is 1. The molecule has 0 saturated carbocycles. The monoisotopic (exact) mass is 408 g/mol. The van der Waals surface area contributed by atoms with Crippen LogP contribution in [0.1, 0.15) is 36.8 Å². The van der Waals surface area contributed by atoms with Crippen molar-refractivity contribution in [1.82, 2.24) is 10.2 Å². The predicted molar refractivity (Wildman–Crippen MR) is 116 cm³/mol. The highest BCUT2D eigenvalue weighted by Crippen LogP contribution is 2.31. The van der Waals surface area contributed by atoms with Crippen molar-refractivity contribution < 1.29 is 14.4 Å². The molecule has 5 nitrogen and oxygen atoms in total. The van der Waals surface area contributed by atoms with E-state index in [1.54, 1.807) is 6.08 Å². The number of carbonyl (C=O) groups excluding carboxylic acids is 3. The number of amides is 3. The minimum absolute atomic E-state index is 0.0788. The van der Waals surface area contributed by atoms with E-state index in [0.717, 1.165) is 35.7 Å². The summed E-state index contributed by atoms with van der Waals surface area (Å²) in [5.41, 5.74) is 1.85. The minimum atomic E-state index is -0.314. The van der Waals surface area contributed by atoms with Crippen molar-refractivity contribution in [3.63, 3.8) is 0 Å². The Bertz CT molecular complexity index is 897. The first-order valence-corrected chi connectivity index (χ1v) is 10.5. The first kappa shape index (κ1) is 20.9. The van der Waals surface area contributed by atoms with Gasteiger partial charge in [-0.25, -0.2) is 0 Å². The summed E-state index contributed by atoms with van der Waals surface area (Å²) in [7, 11) is 0. The molecular formula is C23H24N2O3S. The summed E-state index contributed by atoms with van der Waals surface area (Å²) in [6, 6.07) is 19.1. The molecule has 1 fully saturated rings. The van der Waals surface area contributed by atoms with Crippen LogP contribution in [0.2, 0.25) is 0 Å². The van der Waals surface area contributed by atoms with Gasteiger partial charge in [-0.05, 0) is 35.4 Å². The lowest BCUT2D eigenvalue weighted by Gasteiger charge is -2.18. The fraction of sp³-hybridized carbons (Fsp3) is 0.261. The third-order valence-corrected chi connectivity index (χ3v) is 5.61. The van der Waals surface area contributed by atoms with Gasteiger partial charge in [-0.15, -0.1) is 0 Å². The summed E-state index contributed by atoms with van der Waals surface area (Å²) in [5, 5.41) is 2.58. The molecule has 1 N–H and O–H groups in total. The number of hydrogen-bond acceptors (Lipinski definition) is 4. The van der Waals surface area contributed by atoms with Crippen LogP contribution in [-0.4, -0.2) is 35.0 Å². The van der Waals surface area contributed by atoms with Crippen LogP contribution in [0.25, 0.3) is 6.08 Å². The summed E-state index contributed by atoms with van der Waals surface area (Å²) in [5.74, 6) is -0.620. The SMILES string of the molecule is CCC[C@@H](C(=O)NCCN1C(=O)S/C(=C/c2ccccc2)C1=O)c1ccccc1. The van der Waals surface area contributed by atoms with Crippen molar-refractivity contribution in [3.05, 3.63) is 76.7 Å². The molecule has 0 aliphatic carbocycles. The summed E-state index contributed by atoms with van der Waals surface area (Å²) in [6.45, 7) is 2.45. The Kier molecular flexibility index (Phi) is 7.25. The molecule has 0 unspecified atom stereocenters. The Balaban J connectivity index is 1.58. The van der Waals surface area contributed by atoms with E-state index in [0.29, 0.717) is 4.91 Å². The van der Waals surface area contributed by atoms with Crippen molar-refractivity contribution in [2.45, 2.75) is 25.7 Å². The van der Waals surface area contributed by atoms with E-state index in [-0.39, 0.29) is 36.1 Å². The average molecular weight is 409 g/mol. The maximum absolute atomic E-state index is 12.7. The lowest BCUT2D eigenvalue weighted by atomic mass is 9.94. The van der Waals surface area contributed by atoms with Crippen LogP contribution in [0.15, 0.2) is 65.6 Å². The molecule has 1 heterocycles. The van der Waals surface area contributed by atoms with Gasteiger partial charge < -0.3 is 5.32 Å². The van der Waals surface area contributed by atoms with Gasteiger partial charge in [0.25, 0.3) is 11.1 Å². The number of hydrogen-bond donors (Lipinski definition) is 1. The van der Waals surface area contributed by atoms with E-state index in [1.165, 1.54) is 4.90 Å². The Labute approximate surface area is 175 Å². The number of nitrogens with zero attached hydrogens (tertiary/aromatic N) is 1. The molecule has 0 aromatic heterocycles. The third kappa shape index (κ3) is 5.35. The largest absolute Gasteiger partial charge is 0.354 e. The van der Waals surface area contributed by atoms with E-state index >= 15 is 0 Å². The topological polar surface area (TPSA) is 66.5 Å². The van der Waals surface area contributed by atoms with Gasteiger partial charge in [0.2, 0.25) is 5.91 Å². The van der Waals surface area contributed by atoms with Gasteiger partial charge in [-0.1, -0.05) is 74.0 Å². The molecule has 1 atom stereocenters. The zero-order valence-corrected chi connectivity index (χ0v) is 17.2. The maximum atomic E-state index is 12.7. The van der Waals surface area contributed by atoms with E-state index in [9.17, 15) is 14.4 Å². The van der Waals surface area contributed by atoms with Gasteiger partial charge in [0, 0.05) is 13.1 Å². The van der Waals surface area contributed by atoms with E-state index < -0.39 is 0 Å². The fourth-order valence-corrected chi connectivity index (χ4v) is 4.10. The zero-order chi connectivity index (χ0) is 20.6. The molecule has 2 aromatic rings. The second-order valence-corrected chi connectivity index (χ2v) is 7.78. The summed E-state index contributed by atoms with van der Waals surface area (Å²) in [6.07, 6.45) is 3.35. The van der Waals surface area contributed by atoms with Crippen molar-refractivity contribution in [1.29, 1.82) is 0 Å². The summed E-state index contributed by atoms with van der Waals surface area (Å²) < 4.78 is 0. The molecule has 29 heavy (non-hydrogen) atoms. The molecule has 0 bridgehead atoms. The quantitative estimate of drug-likeness (QED) is 0.657. The highest BCUT2D eigenvalue weighted by Gasteiger charge is 2.34. The number of rotatable bonds is 8. The standard InChI is InChI=1S/C23H24N2O3S/c1-2-9-19(18-12-7-4-8-13-18)21(26)24-14-15-25-22(27)20(29-23(25)28)16-17-10-5-3-6-11-17/h3-8,10-13,16,19H,2,9,14-15H2,1H3,(H,24,26)/b20-16+/t19-/m1/s1. The molecule has 6 heteroatoms. The minimum Gasteiger partial charge on any atom is -0.354 e. The van der Waals surface area contributed by atoms with Gasteiger partial charge in [0.1, 0.15) is 0 Å². The number of benzene rings is 2. The van der Waals surface area contributed by atoms with E-state index in [1.807, 2.05) is 67.6 Å². The number of thioether (sulfide) groups is 1. The Morgan fingerprint density at radius 3 is 2.38 bits per heavy atom. The van der Waals surface area contributed by atoms with Gasteiger partial charge in [-0.2, -0.15) is 0 Å². The normalized spacial score (nSPS) is 16.3. The van der Waals surface area contributed by atoms with E-state index in [2.05, 4.69) is 5.32 Å². The predicted octanol–water partition coefficient (Wildman–Crippen LogP) is 4.42. The van der Waals surface area contributed by atoms with Gasteiger partial charge in [-0.3, -0.25) is 19.3 Å². The Morgan fingerprint density at radius 2 is 1.72 bits per heavy atom. The molecule has 2 aromatic carbocycles. The molecule has 0 radical (unpaired) electrons. The van der Waals surface area contributed by atoms with Crippen LogP contribution >= 0.6 is 11.8 Å². The Morgan fingerprint density at radius 1 is 1.07 bits per heavy atom. The van der Waals surface area contributed by atoms with Crippen LogP contribution in [0.5, 0.6) is 0 Å². The van der Waals surface area contributed by atoms with Gasteiger partial charge in [0.05, 0.1) is 10.8 Å². The van der Waals surface area contributed by atoms with Crippen molar-refractivity contribution in [3.8, 4) is 0 Å². The number of carbonyl (C=O) groups is 3. The molecule has 1 saturated heterocycles. The number of nitrogens with one attached hydrogen (secondary N) is 1. The lowest BCUT2D eigenvalue weighted by molar-refractivity contribution is -0.125. The first-order chi connectivity index (χ1) is 14.1. The van der Waals surface area contributed by atoms with Crippen LogP contribution in [0.4, 0.5) is 4.79 Å².